The van der Waals surface area contributed by atoms with Gasteiger partial charge in [-0.3, -0.25) is 9.69 Å². The fourth-order valence-electron chi connectivity index (χ4n) is 2.86. The molecule has 130 valence electrons. The molecule has 2 heterocycles. The molecule has 0 spiro atoms. The van der Waals surface area contributed by atoms with Crippen LogP contribution in [0.4, 0.5) is 0 Å². The lowest BCUT2D eigenvalue weighted by atomic mass is 10.1. The zero-order chi connectivity index (χ0) is 17.3. The Bertz CT molecular complexity index is 856. The van der Waals surface area contributed by atoms with Crippen molar-refractivity contribution in [1.29, 1.82) is 0 Å². The summed E-state index contributed by atoms with van der Waals surface area (Å²) in [6, 6.07) is 3.91. The molecule has 0 atom stereocenters. The Balaban J connectivity index is 1.59. The van der Waals surface area contributed by atoms with Gasteiger partial charge in [0.05, 0.1) is 17.1 Å². The van der Waals surface area contributed by atoms with Gasteiger partial charge in [-0.15, -0.1) is 0 Å². The first kappa shape index (κ1) is 17.0. The molecule has 2 aromatic rings. The van der Waals surface area contributed by atoms with Crippen molar-refractivity contribution in [3.8, 4) is 0 Å². The Kier molecular flexibility index (Phi) is 4.64. The standard InChI is InChI=1S/C17H22N2O4S/c1-12-9-14-15(11-23-16(14)10-13(12)2)17(20)18-3-4-19-5-7-24(21,22)8-6-19/h9-11H,3-8H2,1-2H3,(H,18,20). The first-order valence-electron chi connectivity index (χ1n) is 8.05. The highest BCUT2D eigenvalue weighted by Gasteiger charge is 2.21. The molecule has 1 saturated heterocycles. The average molecular weight is 350 g/mol. The number of carbonyl (C=O) groups is 1. The van der Waals surface area contributed by atoms with E-state index in [1.807, 2.05) is 26.0 Å². The van der Waals surface area contributed by atoms with Crippen molar-refractivity contribution in [2.24, 2.45) is 0 Å². The van der Waals surface area contributed by atoms with Crippen LogP contribution in [0.3, 0.4) is 0 Å². The van der Waals surface area contributed by atoms with Crippen LogP contribution in [0.1, 0.15) is 21.5 Å². The molecule has 0 bridgehead atoms. The molecule has 24 heavy (non-hydrogen) atoms. The summed E-state index contributed by atoms with van der Waals surface area (Å²) in [6.45, 7) is 6.21. The highest BCUT2D eigenvalue weighted by atomic mass is 32.2. The lowest BCUT2D eigenvalue weighted by Gasteiger charge is -2.26. The molecule has 1 amide bonds. The van der Waals surface area contributed by atoms with E-state index in [0.29, 0.717) is 37.3 Å². The molecule has 1 fully saturated rings. The van der Waals surface area contributed by atoms with Crippen molar-refractivity contribution in [3.05, 3.63) is 35.1 Å². The molecule has 7 heteroatoms. The number of sulfone groups is 1. The molecule has 1 aromatic heterocycles. The SMILES string of the molecule is Cc1cc2occ(C(=O)NCCN3CCS(=O)(=O)CC3)c2cc1C. The summed E-state index contributed by atoms with van der Waals surface area (Å²) in [5.41, 5.74) is 3.50. The summed E-state index contributed by atoms with van der Waals surface area (Å²) in [5.74, 6) is 0.236. The molecular formula is C17H22N2O4S. The lowest BCUT2D eigenvalue weighted by molar-refractivity contribution is 0.0949. The number of amides is 1. The highest BCUT2D eigenvalue weighted by molar-refractivity contribution is 7.91. The maximum absolute atomic E-state index is 12.4. The maximum atomic E-state index is 12.4. The molecule has 0 radical (unpaired) electrons. The number of hydrogen-bond acceptors (Lipinski definition) is 5. The van der Waals surface area contributed by atoms with E-state index < -0.39 is 9.84 Å². The van der Waals surface area contributed by atoms with Gasteiger partial charge in [0.15, 0.2) is 9.84 Å². The van der Waals surface area contributed by atoms with Gasteiger partial charge in [-0.1, -0.05) is 0 Å². The number of aryl methyl sites for hydroxylation is 2. The van der Waals surface area contributed by atoms with Crippen molar-refractivity contribution in [2.75, 3.05) is 37.7 Å². The summed E-state index contributed by atoms with van der Waals surface area (Å²) in [7, 11) is -2.87. The van der Waals surface area contributed by atoms with Gasteiger partial charge in [0.1, 0.15) is 11.8 Å². The van der Waals surface area contributed by atoms with Gasteiger partial charge in [0.2, 0.25) is 0 Å². The van der Waals surface area contributed by atoms with Crippen molar-refractivity contribution in [2.45, 2.75) is 13.8 Å². The van der Waals surface area contributed by atoms with Crippen LogP contribution in [0.5, 0.6) is 0 Å². The van der Waals surface area contributed by atoms with Crippen molar-refractivity contribution in [3.63, 3.8) is 0 Å². The first-order chi connectivity index (χ1) is 11.4. The summed E-state index contributed by atoms with van der Waals surface area (Å²) in [5, 5.41) is 3.71. The van der Waals surface area contributed by atoms with E-state index in [9.17, 15) is 13.2 Å². The number of nitrogens with zero attached hydrogens (tertiary/aromatic N) is 1. The van der Waals surface area contributed by atoms with Gasteiger partial charge < -0.3 is 9.73 Å². The third-order valence-corrected chi connectivity index (χ3v) is 6.19. The molecule has 1 aliphatic heterocycles. The van der Waals surface area contributed by atoms with Crippen LogP contribution in [0.15, 0.2) is 22.8 Å². The van der Waals surface area contributed by atoms with E-state index in [0.717, 1.165) is 16.5 Å². The summed E-state index contributed by atoms with van der Waals surface area (Å²) >= 11 is 0. The number of benzene rings is 1. The van der Waals surface area contributed by atoms with Crippen molar-refractivity contribution in [1.82, 2.24) is 10.2 Å². The number of furan rings is 1. The van der Waals surface area contributed by atoms with Crippen LogP contribution >= 0.6 is 0 Å². The second kappa shape index (κ2) is 6.57. The minimum atomic E-state index is -2.87. The monoisotopic (exact) mass is 350 g/mol. The molecule has 3 rings (SSSR count). The van der Waals surface area contributed by atoms with E-state index in [1.54, 1.807) is 0 Å². The number of nitrogens with one attached hydrogen (secondary N) is 1. The van der Waals surface area contributed by atoms with E-state index in [1.165, 1.54) is 6.26 Å². The van der Waals surface area contributed by atoms with Crippen LogP contribution in [0.2, 0.25) is 0 Å². The van der Waals surface area contributed by atoms with E-state index in [2.05, 4.69) is 10.2 Å². The van der Waals surface area contributed by atoms with Gasteiger partial charge in [-0.05, 0) is 37.1 Å². The van der Waals surface area contributed by atoms with E-state index in [4.69, 9.17) is 4.42 Å². The van der Waals surface area contributed by atoms with Gasteiger partial charge in [-0.2, -0.15) is 0 Å². The van der Waals surface area contributed by atoms with E-state index in [-0.39, 0.29) is 17.4 Å². The van der Waals surface area contributed by atoms with Gasteiger partial charge in [0.25, 0.3) is 5.91 Å². The van der Waals surface area contributed by atoms with Crippen LogP contribution in [0, 0.1) is 13.8 Å². The van der Waals surface area contributed by atoms with Crippen LogP contribution < -0.4 is 5.32 Å². The van der Waals surface area contributed by atoms with Crippen LogP contribution in [0.25, 0.3) is 11.0 Å². The van der Waals surface area contributed by atoms with Gasteiger partial charge in [-0.25, -0.2) is 8.42 Å². The quantitative estimate of drug-likeness (QED) is 0.904. The summed E-state index contributed by atoms with van der Waals surface area (Å²) in [6.07, 6.45) is 1.49. The molecule has 0 unspecified atom stereocenters. The Labute approximate surface area is 141 Å². The van der Waals surface area contributed by atoms with Crippen molar-refractivity contribution < 1.29 is 17.6 Å². The lowest BCUT2D eigenvalue weighted by Crippen LogP contribution is -2.43. The minimum Gasteiger partial charge on any atom is -0.463 e. The third kappa shape index (κ3) is 3.62. The predicted molar refractivity (Wildman–Crippen MR) is 93.1 cm³/mol. The minimum absolute atomic E-state index is 0.165. The maximum Gasteiger partial charge on any atom is 0.255 e. The average Bonchev–Trinajstić information content (AvgIpc) is 2.92. The molecule has 1 aromatic carbocycles. The normalized spacial score (nSPS) is 17.9. The fourth-order valence-corrected chi connectivity index (χ4v) is 4.13. The Morgan fingerprint density at radius 1 is 1.21 bits per heavy atom. The van der Waals surface area contributed by atoms with Gasteiger partial charge in [0, 0.05) is 31.6 Å². The van der Waals surface area contributed by atoms with Crippen molar-refractivity contribution >= 4 is 26.7 Å². The Hall–Kier alpha value is -1.86. The number of hydrogen-bond donors (Lipinski definition) is 1. The number of rotatable bonds is 4. The predicted octanol–water partition coefficient (Wildman–Crippen LogP) is 1.51. The molecule has 1 N–H and O–H groups in total. The fraction of sp³-hybridized carbons (Fsp3) is 0.471. The molecule has 6 nitrogen and oxygen atoms in total. The topological polar surface area (TPSA) is 79.6 Å². The summed E-state index contributed by atoms with van der Waals surface area (Å²) < 4.78 is 28.3. The molecule has 0 aliphatic carbocycles. The molecule has 0 saturated carbocycles. The van der Waals surface area contributed by atoms with Gasteiger partial charge >= 0.3 is 0 Å². The zero-order valence-electron chi connectivity index (χ0n) is 14.0. The second-order valence-electron chi connectivity index (χ2n) is 6.33. The summed E-state index contributed by atoms with van der Waals surface area (Å²) in [4.78, 5) is 14.4. The zero-order valence-corrected chi connectivity index (χ0v) is 14.8. The van der Waals surface area contributed by atoms with Crippen LogP contribution in [-0.4, -0.2) is 56.9 Å². The van der Waals surface area contributed by atoms with Crippen LogP contribution in [-0.2, 0) is 9.84 Å². The van der Waals surface area contributed by atoms with E-state index >= 15 is 0 Å². The Morgan fingerprint density at radius 2 is 1.88 bits per heavy atom. The molecule has 1 aliphatic rings. The molecular weight excluding hydrogens is 328 g/mol. The third-order valence-electron chi connectivity index (χ3n) is 4.59. The smallest absolute Gasteiger partial charge is 0.255 e. The number of carbonyl (C=O) groups excluding carboxylic acids is 1. The number of fused-ring (bicyclic) bond motifs is 1. The first-order valence-corrected chi connectivity index (χ1v) is 9.87. The Morgan fingerprint density at radius 3 is 2.58 bits per heavy atom. The largest absolute Gasteiger partial charge is 0.463 e. The second-order valence-corrected chi connectivity index (χ2v) is 8.64. The highest BCUT2D eigenvalue weighted by Crippen LogP contribution is 2.24.